The van der Waals surface area contributed by atoms with E-state index in [0.717, 1.165) is 24.3 Å². The van der Waals surface area contributed by atoms with Crippen molar-refractivity contribution in [1.82, 2.24) is 9.38 Å². The Bertz CT molecular complexity index is 997. The third-order valence-electron chi connectivity index (χ3n) is 3.21. The van der Waals surface area contributed by atoms with Crippen LogP contribution < -0.4 is 0 Å². The van der Waals surface area contributed by atoms with Crippen molar-refractivity contribution in [3.8, 4) is 0 Å². The maximum absolute atomic E-state index is 13.5. The highest BCUT2D eigenvalue weighted by Gasteiger charge is 2.15. The first-order valence-corrected chi connectivity index (χ1v) is 8.15. The van der Waals surface area contributed by atoms with Gasteiger partial charge in [-0.15, -0.1) is 11.3 Å². The summed E-state index contributed by atoms with van der Waals surface area (Å²) in [7, 11) is 0. The van der Waals surface area contributed by atoms with Crippen LogP contribution in [0.2, 0.25) is 5.15 Å². The molecule has 0 N–H and O–H groups in total. The van der Waals surface area contributed by atoms with E-state index in [1.807, 2.05) is 0 Å². The van der Waals surface area contributed by atoms with E-state index in [0.29, 0.717) is 10.7 Å². The molecular weight excluding hydrogens is 374 g/mol. The van der Waals surface area contributed by atoms with E-state index >= 15 is 0 Å². The number of fused-ring (bicyclic) bond motifs is 1. The average molecular weight is 383 g/mol. The Morgan fingerprint density at radius 2 is 2.16 bits per heavy atom. The molecule has 2 aromatic heterocycles. The second-order valence-corrected chi connectivity index (χ2v) is 6.06. The van der Waals surface area contributed by atoms with Crippen molar-refractivity contribution in [1.29, 1.82) is 0 Å². The van der Waals surface area contributed by atoms with Gasteiger partial charge in [-0.25, -0.2) is 18.6 Å². The lowest BCUT2D eigenvalue weighted by atomic mass is 10.1. The number of ether oxygens (including phenoxy) is 1. The van der Waals surface area contributed by atoms with Crippen LogP contribution in [-0.2, 0) is 9.53 Å². The van der Waals surface area contributed by atoms with Gasteiger partial charge >= 0.3 is 5.97 Å². The smallest absolute Gasteiger partial charge is 0.331 e. The third kappa shape index (κ3) is 3.75. The zero-order valence-electron chi connectivity index (χ0n) is 12.4. The summed E-state index contributed by atoms with van der Waals surface area (Å²) in [6.07, 6.45) is 4.20. The normalized spacial score (nSPS) is 11.3. The number of imidazole rings is 1. The fourth-order valence-electron chi connectivity index (χ4n) is 2.05. The highest BCUT2D eigenvalue weighted by atomic mass is 35.5. The van der Waals surface area contributed by atoms with Crippen molar-refractivity contribution in [3.05, 3.63) is 63.9 Å². The molecule has 0 aliphatic rings. The molecule has 0 amide bonds. The van der Waals surface area contributed by atoms with E-state index in [-0.39, 0.29) is 5.15 Å². The summed E-state index contributed by atoms with van der Waals surface area (Å²) < 4.78 is 33.0. The molecule has 0 saturated heterocycles. The van der Waals surface area contributed by atoms with Crippen LogP contribution >= 0.6 is 22.9 Å². The van der Waals surface area contributed by atoms with Crippen LogP contribution in [0.3, 0.4) is 0 Å². The number of aromatic nitrogens is 2. The van der Waals surface area contributed by atoms with E-state index in [4.69, 9.17) is 16.3 Å². The molecule has 0 bridgehead atoms. The van der Waals surface area contributed by atoms with Gasteiger partial charge in [0, 0.05) is 17.7 Å². The van der Waals surface area contributed by atoms with E-state index in [1.165, 1.54) is 17.4 Å². The summed E-state index contributed by atoms with van der Waals surface area (Å²) in [5.74, 6) is -3.32. The van der Waals surface area contributed by atoms with Crippen molar-refractivity contribution in [2.45, 2.75) is 0 Å². The van der Waals surface area contributed by atoms with Gasteiger partial charge in [0.25, 0.3) is 0 Å². The molecule has 3 rings (SSSR count). The quantitative estimate of drug-likeness (QED) is 0.383. The molecule has 0 fully saturated rings. The van der Waals surface area contributed by atoms with Gasteiger partial charge in [-0.1, -0.05) is 11.6 Å². The molecule has 0 radical (unpaired) electrons. The van der Waals surface area contributed by atoms with Crippen molar-refractivity contribution in [3.63, 3.8) is 0 Å². The zero-order valence-corrected chi connectivity index (χ0v) is 14.0. The lowest BCUT2D eigenvalue weighted by Crippen LogP contribution is -2.14. The molecule has 5 nitrogen and oxygen atoms in total. The van der Waals surface area contributed by atoms with E-state index in [1.54, 1.807) is 16.0 Å². The van der Waals surface area contributed by atoms with Crippen LogP contribution in [0, 0.1) is 11.6 Å². The number of hydrogen-bond donors (Lipinski definition) is 0. The Morgan fingerprint density at radius 1 is 1.36 bits per heavy atom. The number of halogens is 3. The van der Waals surface area contributed by atoms with Crippen molar-refractivity contribution in [2.75, 3.05) is 6.61 Å². The van der Waals surface area contributed by atoms with Crippen LogP contribution in [0.4, 0.5) is 8.78 Å². The summed E-state index contributed by atoms with van der Waals surface area (Å²) in [5, 5.41) is 2.02. The number of carbonyl (C=O) groups is 2. The SMILES string of the molecule is O=C(C=Cc1c(Cl)nc2sccn12)OCC(=O)c1cc(F)ccc1F. The molecule has 0 saturated carbocycles. The van der Waals surface area contributed by atoms with Crippen molar-refractivity contribution in [2.24, 2.45) is 0 Å². The summed E-state index contributed by atoms with van der Waals surface area (Å²) in [4.78, 5) is 28.3. The Hall–Kier alpha value is -2.58. The van der Waals surface area contributed by atoms with Crippen molar-refractivity contribution >= 4 is 45.7 Å². The Balaban J connectivity index is 1.65. The largest absolute Gasteiger partial charge is 0.454 e. The van der Waals surface area contributed by atoms with Crippen LogP contribution in [0.15, 0.2) is 35.9 Å². The Morgan fingerprint density at radius 3 is 2.96 bits per heavy atom. The zero-order chi connectivity index (χ0) is 18.0. The predicted molar refractivity (Wildman–Crippen MR) is 88.8 cm³/mol. The van der Waals surface area contributed by atoms with Crippen LogP contribution in [0.5, 0.6) is 0 Å². The number of benzene rings is 1. The molecule has 2 heterocycles. The summed E-state index contributed by atoms with van der Waals surface area (Å²) >= 11 is 7.35. The lowest BCUT2D eigenvalue weighted by Gasteiger charge is -2.03. The fourth-order valence-corrected chi connectivity index (χ4v) is 3.05. The maximum Gasteiger partial charge on any atom is 0.331 e. The van der Waals surface area contributed by atoms with Crippen LogP contribution in [-0.4, -0.2) is 27.7 Å². The Kier molecular flexibility index (Phi) is 4.91. The topological polar surface area (TPSA) is 60.7 Å². The summed E-state index contributed by atoms with van der Waals surface area (Å²) in [6.45, 7) is -0.711. The van der Waals surface area contributed by atoms with Gasteiger partial charge in [0.2, 0.25) is 5.78 Å². The number of esters is 1. The molecule has 1 aromatic carbocycles. The van der Waals surface area contributed by atoms with E-state index in [2.05, 4.69) is 4.98 Å². The molecule has 0 atom stereocenters. The minimum absolute atomic E-state index is 0.216. The van der Waals surface area contributed by atoms with Gasteiger partial charge in [0.1, 0.15) is 11.6 Å². The lowest BCUT2D eigenvalue weighted by molar-refractivity contribution is -0.136. The number of hydrogen-bond acceptors (Lipinski definition) is 5. The third-order valence-corrected chi connectivity index (χ3v) is 4.24. The molecule has 0 aliphatic carbocycles. The molecule has 0 aliphatic heterocycles. The monoisotopic (exact) mass is 382 g/mol. The van der Waals surface area contributed by atoms with Crippen LogP contribution in [0.1, 0.15) is 16.1 Å². The number of carbonyl (C=O) groups excluding carboxylic acids is 2. The highest BCUT2D eigenvalue weighted by Crippen LogP contribution is 2.22. The minimum Gasteiger partial charge on any atom is -0.454 e. The van der Waals surface area contributed by atoms with Gasteiger partial charge in [0.15, 0.2) is 16.7 Å². The van der Waals surface area contributed by atoms with Gasteiger partial charge in [-0.05, 0) is 24.3 Å². The first-order chi connectivity index (χ1) is 12.0. The second kappa shape index (κ2) is 7.12. The van der Waals surface area contributed by atoms with Gasteiger partial charge < -0.3 is 4.74 Å². The molecule has 0 unspecified atom stereocenters. The summed E-state index contributed by atoms with van der Waals surface area (Å²) in [5.41, 5.74) is 0.00737. The highest BCUT2D eigenvalue weighted by molar-refractivity contribution is 7.15. The van der Waals surface area contributed by atoms with Gasteiger partial charge in [0.05, 0.1) is 11.3 Å². The van der Waals surface area contributed by atoms with Crippen LogP contribution in [0.25, 0.3) is 11.0 Å². The van der Waals surface area contributed by atoms with E-state index in [9.17, 15) is 18.4 Å². The molecule has 128 valence electrons. The van der Waals surface area contributed by atoms with Gasteiger partial charge in [-0.3, -0.25) is 9.20 Å². The molecular formula is C16H9ClF2N2O3S. The predicted octanol–water partition coefficient (Wildman–Crippen LogP) is 3.77. The summed E-state index contributed by atoms with van der Waals surface area (Å²) in [6, 6.07) is 2.47. The minimum atomic E-state index is -0.885. The Labute approximate surface area is 149 Å². The fraction of sp³-hybridized carbons (Fsp3) is 0.0625. The van der Waals surface area contributed by atoms with Crippen molar-refractivity contribution < 1.29 is 23.1 Å². The number of ketones is 1. The number of thiazole rings is 1. The molecule has 0 spiro atoms. The number of rotatable bonds is 5. The maximum atomic E-state index is 13.5. The number of Topliss-reactive ketones (excluding diaryl/α,β-unsaturated/α-hetero) is 1. The van der Waals surface area contributed by atoms with Gasteiger partial charge in [-0.2, -0.15) is 0 Å². The van der Waals surface area contributed by atoms with E-state index < -0.39 is 35.6 Å². The molecule has 9 heteroatoms. The first-order valence-electron chi connectivity index (χ1n) is 6.90. The standard InChI is InChI=1S/C16H9ClF2N2O3S/c17-15-12(21-5-6-25-16(21)20-15)3-4-14(23)24-8-13(22)10-7-9(18)1-2-11(10)19/h1-7H,8H2. The number of nitrogens with zero attached hydrogens (tertiary/aromatic N) is 2. The molecule has 3 aromatic rings. The second-order valence-electron chi connectivity index (χ2n) is 4.83. The first kappa shape index (κ1) is 17.2. The molecule has 25 heavy (non-hydrogen) atoms. The average Bonchev–Trinajstić information content (AvgIpc) is 3.13.